The van der Waals surface area contributed by atoms with Crippen LogP contribution in [0.25, 0.3) is 0 Å². The van der Waals surface area contributed by atoms with E-state index in [9.17, 15) is 0 Å². The summed E-state index contributed by atoms with van der Waals surface area (Å²) in [5.41, 5.74) is 1.48. The van der Waals surface area contributed by atoms with Crippen LogP contribution < -0.4 is 5.32 Å². The summed E-state index contributed by atoms with van der Waals surface area (Å²) in [5.74, 6) is 0. The summed E-state index contributed by atoms with van der Waals surface area (Å²) in [5, 5.41) is 3.66. The molecule has 1 fully saturated rings. The van der Waals surface area contributed by atoms with Crippen molar-refractivity contribution in [1.82, 2.24) is 9.88 Å². The summed E-state index contributed by atoms with van der Waals surface area (Å²) < 4.78 is 8.40. The molecule has 1 aromatic heterocycles. The van der Waals surface area contributed by atoms with Crippen molar-refractivity contribution in [2.75, 3.05) is 6.54 Å². The third-order valence-corrected chi connectivity index (χ3v) is 4.36. The van der Waals surface area contributed by atoms with Crippen molar-refractivity contribution in [1.29, 1.82) is 0 Å². The van der Waals surface area contributed by atoms with E-state index >= 15 is 0 Å². The zero-order valence-electron chi connectivity index (χ0n) is 14.2. The molecule has 3 heteroatoms. The third kappa shape index (κ3) is 4.86. The Kier molecular flexibility index (Phi) is 5.88. The fourth-order valence-electron chi connectivity index (χ4n) is 3.21. The molecule has 2 heterocycles. The SMILES string of the molecule is CCCNC(CCC)c1ccn(CC2CCC(C)(C)O2)c1. The van der Waals surface area contributed by atoms with Crippen molar-refractivity contribution < 1.29 is 4.74 Å². The molecular formula is C18H32N2O. The van der Waals surface area contributed by atoms with Gasteiger partial charge in [0.05, 0.1) is 11.7 Å². The van der Waals surface area contributed by atoms with E-state index in [1.165, 1.54) is 37.7 Å². The van der Waals surface area contributed by atoms with Gasteiger partial charge in [-0.3, -0.25) is 0 Å². The van der Waals surface area contributed by atoms with Gasteiger partial charge in [-0.1, -0.05) is 20.3 Å². The molecule has 1 saturated heterocycles. The molecule has 0 spiro atoms. The van der Waals surface area contributed by atoms with Crippen LogP contribution in [0.4, 0.5) is 0 Å². The number of hydrogen-bond acceptors (Lipinski definition) is 2. The van der Waals surface area contributed by atoms with Crippen LogP contribution in [0.15, 0.2) is 18.5 Å². The van der Waals surface area contributed by atoms with Crippen LogP contribution in [0.2, 0.25) is 0 Å². The first-order valence-electron chi connectivity index (χ1n) is 8.61. The maximum Gasteiger partial charge on any atom is 0.0762 e. The molecule has 0 aromatic carbocycles. The minimum absolute atomic E-state index is 0.0636. The fourth-order valence-corrected chi connectivity index (χ4v) is 3.21. The van der Waals surface area contributed by atoms with Crippen LogP contribution in [0.3, 0.4) is 0 Å². The van der Waals surface area contributed by atoms with E-state index in [1.807, 2.05) is 0 Å². The standard InChI is InChI=1S/C18H32N2O/c1-5-7-17(19-11-6-2)15-9-12-20(13-15)14-16-8-10-18(3,4)21-16/h9,12-13,16-17,19H,5-8,10-11,14H2,1-4H3. The molecule has 21 heavy (non-hydrogen) atoms. The van der Waals surface area contributed by atoms with Gasteiger partial charge in [0.15, 0.2) is 0 Å². The highest BCUT2D eigenvalue weighted by atomic mass is 16.5. The summed E-state index contributed by atoms with van der Waals surface area (Å²) >= 11 is 0. The predicted molar refractivity (Wildman–Crippen MR) is 88.6 cm³/mol. The van der Waals surface area contributed by atoms with Gasteiger partial charge in [0, 0.05) is 25.0 Å². The Morgan fingerprint density at radius 1 is 1.38 bits per heavy atom. The maximum absolute atomic E-state index is 6.10. The van der Waals surface area contributed by atoms with Gasteiger partial charge in [-0.15, -0.1) is 0 Å². The van der Waals surface area contributed by atoms with Crippen LogP contribution >= 0.6 is 0 Å². The second-order valence-electron chi connectivity index (χ2n) is 6.98. The zero-order valence-corrected chi connectivity index (χ0v) is 14.2. The number of nitrogens with zero attached hydrogens (tertiary/aromatic N) is 1. The topological polar surface area (TPSA) is 26.2 Å². The molecule has 1 aliphatic rings. The first-order chi connectivity index (χ1) is 10.0. The second kappa shape index (κ2) is 7.46. The number of hydrogen-bond donors (Lipinski definition) is 1. The highest BCUT2D eigenvalue weighted by molar-refractivity contribution is 5.15. The molecule has 0 aliphatic carbocycles. The van der Waals surface area contributed by atoms with E-state index in [-0.39, 0.29) is 5.60 Å². The number of ether oxygens (including phenoxy) is 1. The summed E-state index contributed by atoms with van der Waals surface area (Å²) in [4.78, 5) is 0. The van der Waals surface area contributed by atoms with E-state index in [1.54, 1.807) is 0 Å². The van der Waals surface area contributed by atoms with E-state index in [0.29, 0.717) is 12.1 Å². The number of aromatic nitrogens is 1. The van der Waals surface area contributed by atoms with Gasteiger partial charge >= 0.3 is 0 Å². The van der Waals surface area contributed by atoms with E-state index < -0.39 is 0 Å². The first-order valence-corrected chi connectivity index (χ1v) is 8.61. The lowest BCUT2D eigenvalue weighted by atomic mass is 10.1. The lowest BCUT2D eigenvalue weighted by molar-refractivity contribution is -0.0216. The monoisotopic (exact) mass is 292 g/mol. The van der Waals surface area contributed by atoms with Crippen molar-refractivity contribution in [3.8, 4) is 0 Å². The van der Waals surface area contributed by atoms with E-state index in [2.05, 4.69) is 56.0 Å². The smallest absolute Gasteiger partial charge is 0.0762 e. The average molecular weight is 292 g/mol. The summed E-state index contributed by atoms with van der Waals surface area (Å²) in [6.45, 7) is 10.9. The quantitative estimate of drug-likeness (QED) is 0.773. The van der Waals surface area contributed by atoms with Gasteiger partial charge in [-0.25, -0.2) is 0 Å². The molecule has 2 unspecified atom stereocenters. The van der Waals surface area contributed by atoms with Gasteiger partial charge < -0.3 is 14.6 Å². The molecule has 3 nitrogen and oxygen atoms in total. The van der Waals surface area contributed by atoms with Crippen LogP contribution in [-0.4, -0.2) is 22.8 Å². The van der Waals surface area contributed by atoms with Crippen LogP contribution in [0.5, 0.6) is 0 Å². The molecule has 0 amide bonds. The molecule has 0 radical (unpaired) electrons. The van der Waals surface area contributed by atoms with Crippen LogP contribution in [0.1, 0.15) is 71.4 Å². The zero-order chi connectivity index (χ0) is 15.3. The Hall–Kier alpha value is -0.800. The lowest BCUT2D eigenvalue weighted by Crippen LogP contribution is -2.23. The Balaban J connectivity index is 1.93. The summed E-state index contributed by atoms with van der Waals surface area (Å²) in [7, 11) is 0. The number of nitrogens with one attached hydrogen (secondary N) is 1. The molecular weight excluding hydrogens is 260 g/mol. The Morgan fingerprint density at radius 3 is 2.81 bits per heavy atom. The Morgan fingerprint density at radius 2 is 2.19 bits per heavy atom. The van der Waals surface area contributed by atoms with Crippen molar-refractivity contribution in [2.45, 2.75) is 84.1 Å². The highest BCUT2D eigenvalue weighted by Crippen LogP contribution is 2.30. The van der Waals surface area contributed by atoms with Crippen molar-refractivity contribution in [3.05, 3.63) is 24.0 Å². The first kappa shape index (κ1) is 16.6. The maximum atomic E-state index is 6.10. The second-order valence-corrected chi connectivity index (χ2v) is 6.98. The molecule has 120 valence electrons. The van der Waals surface area contributed by atoms with E-state index in [0.717, 1.165) is 13.1 Å². The normalized spacial score (nSPS) is 22.6. The van der Waals surface area contributed by atoms with Gasteiger partial charge in [0.1, 0.15) is 0 Å². The molecule has 0 bridgehead atoms. The molecule has 1 aromatic rings. The van der Waals surface area contributed by atoms with E-state index in [4.69, 9.17) is 4.74 Å². The van der Waals surface area contributed by atoms with Gasteiger partial charge in [0.2, 0.25) is 0 Å². The third-order valence-electron chi connectivity index (χ3n) is 4.36. The lowest BCUT2D eigenvalue weighted by Gasteiger charge is -2.20. The van der Waals surface area contributed by atoms with Gasteiger partial charge in [-0.2, -0.15) is 0 Å². The predicted octanol–water partition coefficient (Wildman–Crippen LogP) is 4.29. The minimum atomic E-state index is 0.0636. The Labute approximate surface area is 130 Å². The van der Waals surface area contributed by atoms with Crippen molar-refractivity contribution >= 4 is 0 Å². The van der Waals surface area contributed by atoms with Gasteiger partial charge in [0.25, 0.3) is 0 Å². The minimum Gasteiger partial charge on any atom is -0.370 e. The fraction of sp³-hybridized carbons (Fsp3) is 0.778. The summed E-state index contributed by atoms with van der Waals surface area (Å²) in [6.07, 6.45) is 10.8. The number of rotatable bonds is 8. The van der Waals surface area contributed by atoms with Crippen molar-refractivity contribution in [2.24, 2.45) is 0 Å². The largest absolute Gasteiger partial charge is 0.370 e. The summed E-state index contributed by atoms with van der Waals surface area (Å²) in [6, 6.07) is 2.76. The molecule has 1 N–H and O–H groups in total. The van der Waals surface area contributed by atoms with Crippen LogP contribution in [-0.2, 0) is 11.3 Å². The Bertz CT molecular complexity index is 425. The molecule has 2 rings (SSSR count). The molecule has 2 atom stereocenters. The average Bonchev–Trinajstić information content (AvgIpc) is 3.02. The van der Waals surface area contributed by atoms with Gasteiger partial charge in [-0.05, 0) is 57.7 Å². The molecule has 1 aliphatic heterocycles. The van der Waals surface area contributed by atoms with Crippen molar-refractivity contribution in [3.63, 3.8) is 0 Å². The van der Waals surface area contributed by atoms with Crippen LogP contribution in [0, 0.1) is 0 Å². The molecule has 0 saturated carbocycles. The highest BCUT2D eigenvalue weighted by Gasteiger charge is 2.31.